The highest BCUT2D eigenvalue weighted by atomic mass is 16.6. The number of aromatic nitrogens is 2. The van der Waals surface area contributed by atoms with Crippen LogP contribution in [0.15, 0.2) is 29.1 Å². The smallest absolute Gasteiger partial charge is 0.269 e. The van der Waals surface area contributed by atoms with Gasteiger partial charge >= 0.3 is 0 Å². The first-order valence-electron chi connectivity index (χ1n) is 9.24. The first-order chi connectivity index (χ1) is 14.4. The number of benzene rings is 1. The predicted octanol–water partition coefficient (Wildman–Crippen LogP) is 0.579. The lowest BCUT2D eigenvalue weighted by Crippen LogP contribution is -2.41. The SMILES string of the molecule is O=C1C[C@@H](C(=O)Nc2ccc([N+](=O)[O-])cc2)c2c(nc(N3CCOCC3)[nH]c2=O)N1. The molecule has 30 heavy (non-hydrogen) atoms. The number of fused-ring (bicyclic) bond motifs is 1. The third kappa shape index (κ3) is 3.85. The molecule has 1 aromatic carbocycles. The second kappa shape index (κ2) is 7.91. The number of morpholine rings is 1. The van der Waals surface area contributed by atoms with Crippen LogP contribution < -0.4 is 21.1 Å². The highest BCUT2D eigenvalue weighted by Gasteiger charge is 2.35. The molecular formula is C18H18N6O6. The van der Waals surface area contributed by atoms with Crippen molar-refractivity contribution in [3.63, 3.8) is 0 Å². The highest BCUT2D eigenvalue weighted by Crippen LogP contribution is 2.30. The van der Waals surface area contributed by atoms with Gasteiger partial charge in [0.05, 0.1) is 29.6 Å². The molecule has 2 amide bonds. The van der Waals surface area contributed by atoms with Gasteiger partial charge in [0, 0.05) is 37.3 Å². The number of nitrogens with one attached hydrogen (secondary N) is 3. The minimum Gasteiger partial charge on any atom is -0.378 e. The number of nitrogens with zero attached hydrogens (tertiary/aromatic N) is 3. The molecule has 1 saturated heterocycles. The topological polar surface area (TPSA) is 160 Å². The van der Waals surface area contributed by atoms with E-state index in [1.165, 1.54) is 24.3 Å². The second-order valence-electron chi connectivity index (χ2n) is 6.85. The Morgan fingerprint density at radius 1 is 1.23 bits per heavy atom. The van der Waals surface area contributed by atoms with Gasteiger partial charge in [0.25, 0.3) is 11.2 Å². The zero-order chi connectivity index (χ0) is 21.3. The van der Waals surface area contributed by atoms with Crippen molar-refractivity contribution in [2.24, 2.45) is 0 Å². The van der Waals surface area contributed by atoms with E-state index >= 15 is 0 Å². The van der Waals surface area contributed by atoms with Gasteiger partial charge in [0.2, 0.25) is 17.8 Å². The molecular weight excluding hydrogens is 396 g/mol. The van der Waals surface area contributed by atoms with E-state index in [1.54, 1.807) is 0 Å². The summed E-state index contributed by atoms with van der Waals surface area (Å²) in [5, 5.41) is 15.9. The molecule has 3 heterocycles. The molecule has 2 aliphatic heterocycles. The Morgan fingerprint density at radius 3 is 2.60 bits per heavy atom. The maximum atomic E-state index is 12.8. The van der Waals surface area contributed by atoms with Crippen LogP contribution in [0.5, 0.6) is 0 Å². The van der Waals surface area contributed by atoms with Crippen LogP contribution in [0.25, 0.3) is 0 Å². The zero-order valence-electron chi connectivity index (χ0n) is 15.7. The maximum absolute atomic E-state index is 12.8. The van der Waals surface area contributed by atoms with Crippen LogP contribution >= 0.6 is 0 Å². The number of nitro benzene ring substituents is 1. The molecule has 2 aromatic rings. The van der Waals surface area contributed by atoms with Gasteiger partial charge in [0.15, 0.2) is 0 Å². The number of ether oxygens (including phenoxy) is 1. The average molecular weight is 414 g/mol. The molecule has 2 aliphatic rings. The van der Waals surface area contributed by atoms with Gasteiger partial charge in [-0.2, -0.15) is 4.98 Å². The number of aromatic amines is 1. The van der Waals surface area contributed by atoms with Crippen molar-refractivity contribution in [1.82, 2.24) is 9.97 Å². The molecule has 4 rings (SSSR count). The molecule has 0 spiro atoms. The van der Waals surface area contributed by atoms with Crippen molar-refractivity contribution in [2.45, 2.75) is 12.3 Å². The fourth-order valence-electron chi connectivity index (χ4n) is 3.40. The Balaban J connectivity index is 1.60. The first kappa shape index (κ1) is 19.5. The summed E-state index contributed by atoms with van der Waals surface area (Å²) in [6, 6.07) is 5.26. The number of hydrogen-bond acceptors (Lipinski definition) is 8. The first-order valence-corrected chi connectivity index (χ1v) is 9.24. The minimum atomic E-state index is -1.04. The minimum absolute atomic E-state index is 0.0559. The highest BCUT2D eigenvalue weighted by molar-refractivity contribution is 6.04. The molecule has 1 atom stereocenters. The van der Waals surface area contributed by atoms with Crippen molar-refractivity contribution in [3.8, 4) is 0 Å². The number of amides is 2. The van der Waals surface area contributed by atoms with E-state index in [2.05, 4.69) is 20.6 Å². The number of H-pyrrole nitrogens is 1. The third-order valence-corrected chi connectivity index (χ3v) is 4.91. The summed E-state index contributed by atoms with van der Waals surface area (Å²) >= 11 is 0. The number of anilines is 3. The van der Waals surface area contributed by atoms with Crippen LogP contribution in [0, 0.1) is 10.1 Å². The number of carbonyl (C=O) groups is 2. The standard InChI is InChI=1S/C18H18N6O6/c25-13-9-12(16(26)19-10-1-3-11(4-2-10)24(28)29)14-15(20-13)21-18(22-17(14)27)23-5-7-30-8-6-23/h1-4,12H,5-9H2,(H,19,26)(H2,20,21,22,25,27)/t12-/m1/s1. The van der Waals surface area contributed by atoms with Crippen molar-refractivity contribution in [3.05, 3.63) is 50.3 Å². The molecule has 0 saturated carbocycles. The number of carbonyl (C=O) groups excluding carboxylic acids is 2. The third-order valence-electron chi connectivity index (χ3n) is 4.91. The molecule has 1 aromatic heterocycles. The normalized spacial score (nSPS) is 18.3. The van der Waals surface area contributed by atoms with Crippen molar-refractivity contribution in [2.75, 3.05) is 41.8 Å². The van der Waals surface area contributed by atoms with Crippen molar-refractivity contribution < 1.29 is 19.2 Å². The number of rotatable bonds is 4. The Labute approximate surface area is 169 Å². The van der Waals surface area contributed by atoms with E-state index in [1.807, 2.05) is 4.90 Å². The summed E-state index contributed by atoms with van der Waals surface area (Å²) in [6.07, 6.45) is -0.215. The summed E-state index contributed by atoms with van der Waals surface area (Å²) in [4.78, 5) is 56.8. The lowest BCUT2D eigenvalue weighted by molar-refractivity contribution is -0.384. The fraction of sp³-hybridized carbons (Fsp3) is 0.333. The Bertz CT molecular complexity index is 1060. The zero-order valence-corrected chi connectivity index (χ0v) is 15.7. The van der Waals surface area contributed by atoms with Crippen molar-refractivity contribution in [1.29, 1.82) is 0 Å². The Morgan fingerprint density at radius 2 is 1.93 bits per heavy atom. The second-order valence-corrected chi connectivity index (χ2v) is 6.85. The summed E-state index contributed by atoms with van der Waals surface area (Å²) in [6.45, 7) is 2.07. The number of non-ortho nitro benzene ring substituents is 1. The van der Waals surface area contributed by atoms with Gasteiger partial charge in [-0.3, -0.25) is 29.5 Å². The summed E-state index contributed by atoms with van der Waals surface area (Å²) in [5.74, 6) is -1.69. The average Bonchev–Trinajstić information content (AvgIpc) is 2.73. The van der Waals surface area contributed by atoms with Crippen molar-refractivity contribution >= 4 is 35.0 Å². The molecule has 0 radical (unpaired) electrons. The van der Waals surface area contributed by atoms with Gasteiger partial charge in [-0.1, -0.05) is 0 Å². The maximum Gasteiger partial charge on any atom is 0.269 e. The molecule has 0 bridgehead atoms. The molecule has 12 heteroatoms. The Kier molecular flexibility index (Phi) is 5.14. The fourth-order valence-corrected chi connectivity index (χ4v) is 3.40. The number of nitro groups is 1. The monoisotopic (exact) mass is 414 g/mol. The van der Waals surface area contributed by atoms with Crippen LogP contribution in [0.4, 0.5) is 23.1 Å². The summed E-state index contributed by atoms with van der Waals surface area (Å²) in [7, 11) is 0. The van der Waals surface area contributed by atoms with E-state index in [9.17, 15) is 24.5 Å². The van der Waals surface area contributed by atoms with Gasteiger partial charge in [-0.05, 0) is 12.1 Å². The molecule has 3 N–H and O–H groups in total. The summed E-state index contributed by atoms with van der Waals surface area (Å²) < 4.78 is 5.29. The van der Waals surface area contributed by atoms with E-state index in [-0.39, 0.29) is 23.5 Å². The summed E-state index contributed by atoms with van der Waals surface area (Å²) in [5.41, 5.74) is -0.240. The van der Waals surface area contributed by atoms with E-state index in [0.717, 1.165) is 0 Å². The number of hydrogen-bond donors (Lipinski definition) is 3. The molecule has 1 fully saturated rings. The Hall–Kier alpha value is -3.80. The molecule has 0 unspecified atom stereocenters. The lowest BCUT2D eigenvalue weighted by Gasteiger charge is -2.29. The van der Waals surface area contributed by atoms with E-state index in [4.69, 9.17) is 4.74 Å². The molecule has 156 valence electrons. The van der Waals surface area contributed by atoms with Gasteiger partial charge in [0.1, 0.15) is 5.82 Å². The van der Waals surface area contributed by atoms with Gasteiger partial charge in [-0.15, -0.1) is 0 Å². The van der Waals surface area contributed by atoms with Crippen LogP contribution in [-0.2, 0) is 14.3 Å². The van der Waals surface area contributed by atoms with Crippen LogP contribution in [0.1, 0.15) is 17.9 Å². The molecule has 0 aliphatic carbocycles. The van der Waals surface area contributed by atoms with Gasteiger partial charge in [-0.25, -0.2) is 0 Å². The quantitative estimate of drug-likeness (QED) is 0.484. The predicted molar refractivity (Wildman–Crippen MR) is 106 cm³/mol. The van der Waals surface area contributed by atoms with Gasteiger partial charge < -0.3 is 20.3 Å². The molecule has 12 nitrogen and oxygen atoms in total. The largest absolute Gasteiger partial charge is 0.378 e. The van der Waals surface area contributed by atoms with Crippen LogP contribution in [0.2, 0.25) is 0 Å². The lowest BCUT2D eigenvalue weighted by atomic mass is 9.92. The van der Waals surface area contributed by atoms with E-state index < -0.39 is 28.2 Å². The van der Waals surface area contributed by atoms with E-state index in [0.29, 0.717) is 37.9 Å². The van der Waals surface area contributed by atoms with Crippen LogP contribution in [-0.4, -0.2) is 53.0 Å². The van der Waals surface area contributed by atoms with Crippen LogP contribution in [0.3, 0.4) is 0 Å².